The fraction of sp³-hybridized carbons (Fsp3) is 0.304. The summed E-state index contributed by atoms with van der Waals surface area (Å²) in [6.45, 7) is 4.57. The van der Waals surface area contributed by atoms with E-state index in [9.17, 15) is 4.79 Å². The first kappa shape index (κ1) is 18.9. The fourth-order valence-corrected chi connectivity index (χ4v) is 3.33. The number of nitrogens with one attached hydrogen (secondary N) is 1. The molecule has 6 heteroatoms. The Kier molecular flexibility index (Phi) is 4.89. The number of anilines is 1. The number of aromatic nitrogens is 3. The predicted octanol–water partition coefficient (Wildman–Crippen LogP) is 3.74. The lowest BCUT2D eigenvalue weighted by Crippen LogP contribution is -2.15. The molecule has 1 saturated carbocycles. The van der Waals surface area contributed by atoms with E-state index >= 15 is 0 Å². The lowest BCUT2D eigenvalue weighted by molar-refractivity contribution is -0.115. The van der Waals surface area contributed by atoms with Gasteiger partial charge in [0, 0.05) is 12.3 Å². The number of amides is 1. The van der Waals surface area contributed by atoms with Crippen LogP contribution in [0.25, 0.3) is 0 Å². The molecule has 1 amide bonds. The lowest BCUT2D eigenvalue weighted by Gasteiger charge is -2.09. The Labute approximate surface area is 170 Å². The SMILES string of the molecule is Cc1ccc(Cn2ccc(NC(=O)Cc3ccc(C4(C)CC4)cc3)n2)nc1C#N. The van der Waals surface area contributed by atoms with Gasteiger partial charge < -0.3 is 5.32 Å². The standard InChI is InChI=1S/C23H23N5O/c1-16-3-8-19(25-20(16)14-24)15-28-12-9-21(27-28)26-22(29)13-17-4-6-18(7-5-17)23(2)10-11-23/h3-9,12H,10-11,13,15H2,1-2H3,(H,26,27,29). The molecule has 0 unspecified atom stereocenters. The van der Waals surface area contributed by atoms with Gasteiger partial charge in [-0.15, -0.1) is 0 Å². The van der Waals surface area contributed by atoms with E-state index in [0.29, 0.717) is 29.9 Å². The van der Waals surface area contributed by atoms with Crippen molar-refractivity contribution in [2.45, 2.75) is 45.1 Å². The van der Waals surface area contributed by atoms with Crippen molar-refractivity contribution in [3.8, 4) is 6.07 Å². The van der Waals surface area contributed by atoms with E-state index < -0.39 is 0 Å². The zero-order valence-electron chi connectivity index (χ0n) is 16.6. The molecule has 1 fully saturated rings. The van der Waals surface area contributed by atoms with Gasteiger partial charge in [-0.25, -0.2) is 4.98 Å². The molecule has 1 aliphatic carbocycles. The fourth-order valence-electron chi connectivity index (χ4n) is 3.33. The maximum Gasteiger partial charge on any atom is 0.229 e. The van der Waals surface area contributed by atoms with E-state index in [4.69, 9.17) is 5.26 Å². The van der Waals surface area contributed by atoms with E-state index in [-0.39, 0.29) is 5.91 Å². The summed E-state index contributed by atoms with van der Waals surface area (Å²) in [6, 6.07) is 15.9. The minimum Gasteiger partial charge on any atom is -0.309 e. The quantitative estimate of drug-likeness (QED) is 0.701. The number of pyridine rings is 1. The molecule has 2 heterocycles. The smallest absolute Gasteiger partial charge is 0.229 e. The Hall–Kier alpha value is -3.46. The Balaban J connectivity index is 1.35. The van der Waals surface area contributed by atoms with Crippen molar-refractivity contribution >= 4 is 11.7 Å². The van der Waals surface area contributed by atoms with Crippen LogP contribution in [0.5, 0.6) is 0 Å². The molecular formula is C23H23N5O. The minimum absolute atomic E-state index is 0.0964. The second-order valence-electron chi connectivity index (χ2n) is 7.96. The Morgan fingerprint density at radius 1 is 1.21 bits per heavy atom. The Morgan fingerprint density at radius 2 is 1.97 bits per heavy atom. The van der Waals surface area contributed by atoms with Crippen LogP contribution in [0.15, 0.2) is 48.7 Å². The first-order valence-electron chi connectivity index (χ1n) is 9.74. The first-order chi connectivity index (χ1) is 13.9. The van der Waals surface area contributed by atoms with Crippen molar-refractivity contribution in [2.24, 2.45) is 0 Å². The second kappa shape index (κ2) is 7.51. The van der Waals surface area contributed by atoms with E-state index in [2.05, 4.69) is 40.5 Å². The average Bonchev–Trinajstić information content (AvgIpc) is 3.31. The molecule has 2 aromatic heterocycles. The molecular weight excluding hydrogens is 362 g/mol. The molecule has 4 rings (SSSR count). The minimum atomic E-state index is -0.0964. The Morgan fingerprint density at radius 3 is 2.66 bits per heavy atom. The van der Waals surface area contributed by atoms with Crippen molar-refractivity contribution in [3.05, 3.63) is 76.7 Å². The van der Waals surface area contributed by atoms with Gasteiger partial charge in [0.15, 0.2) is 5.82 Å². The van der Waals surface area contributed by atoms with Crippen LogP contribution in [0, 0.1) is 18.3 Å². The molecule has 29 heavy (non-hydrogen) atoms. The van der Waals surface area contributed by atoms with Crippen LogP contribution in [0.3, 0.4) is 0 Å². The van der Waals surface area contributed by atoms with Gasteiger partial charge in [-0.1, -0.05) is 37.3 Å². The van der Waals surface area contributed by atoms with Gasteiger partial charge in [-0.2, -0.15) is 10.4 Å². The number of hydrogen-bond acceptors (Lipinski definition) is 4. The lowest BCUT2D eigenvalue weighted by atomic mass is 9.97. The van der Waals surface area contributed by atoms with E-state index in [1.807, 2.05) is 31.2 Å². The molecule has 0 atom stereocenters. The van der Waals surface area contributed by atoms with Crippen LogP contribution in [0.1, 0.15) is 47.8 Å². The highest BCUT2D eigenvalue weighted by Crippen LogP contribution is 2.47. The van der Waals surface area contributed by atoms with Crippen LogP contribution < -0.4 is 5.32 Å². The highest BCUT2D eigenvalue weighted by Gasteiger charge is 2.38. The largest absolute Gasteiger partial charge is 0.309 e. The van der Waals surface area contributed by atoms with Gasteiger partial charge >= 0.3 is 0 Å². The zero-order chi connectivity index (χ0) is 20.4. The van der Waals surface area contributed by atoms with Gasteiger partial charge in [0.05, 0.1) is 18.7 Å². The third kappa shape index (κ3) is 4.35. The number of nitriles is 1. The van der Waals surface area contributed by atoms with Gasteiger partial charge in [0.2, 0.25) is 5.91 Å². The molecule has 0 bridgehead atoms. The third-order valence-corrected chi connectivity index (χ3v) is 5.51. The number of nitrogens with zero attached hydrogens (tertiary/aromatic N) is 4. The van der Waals surface area contributed by atoms with E-state index in [0.717, 1.165) is 16.8 Å². The zero-order valence-corrected chi connectivity index (χ0v) is 16.6. The maximum atomic E-state index is 12.4. The second-order valence-corrected chi connectivity index (χ2v) is 7.96. The molecule has 0 saturated heterocycles. The predicted molar refractivity (Wildman–Crippen MR) is 110 cm³/mol. The summed E-state index contributed by atoms with van der Waals surface area (Å²) < 4.78 is 1.69. The van der Waals surface area contributed by atoms with Crippen molar-refractivity contribution in [1.82, 2.24) is 14.8 Å². The number of carbonyl (C=O) groups excluding carboxylic acids is 1. The van der Waals surface area contributed by atoms with Crippen LogP contribution in [-0.2, 0) is 23.2 Å². The molecule has 1 aliphatic rings. The van der Waals surface area contributed by atoms with Gasteiger partial charge in [0.1, 0.15) is 11.8 Å². The van der Waals surface area contributed by atoms with Crippen molar-refractivity contribution in [1.29, 1.82) is 5.26 Å². The van der Waals surface area contributed by atoms with E-state index in [1.54, 1.807) is 16.9 Å². The van der Waals surface area contributed by atoms with Crippen LogP contribution in [0.4, 0.5) is 5.82 Å². The molecule has 3 aromatic rings. The summed E-state index contributed by atoms with van der Waals surface area (Å²) in [5.41, 5.74) is 4.70. The topological polar surface area (TPSA) is 83.6 Å². The number of benzene rings is 1. The van der Waals surface area contributed by atoms with Gasteiger partial charge in [0.25, 0.3) is 0 Å². The highest BCUT2D eigenvalue weighted by atomic mass is 16.1. The average molecular weight is 385 g/mol. The van der Waals surface area contributed by atoms with Crippen LogP contribution in [-0.4, -0.2) is 20.7 Å². The van der Waals surface area contributed by atoms with Crippen molar-refractivity contribution < 1.29 is 4.79 Å². The number of rotatable bonds is 6. The molecule has 0 spiro atoms. The highest BCUT2D eigenvalue weighted by molar-refractivity contribution is 5.91. The molecule has 6 nitrogen and oxygen atoms in total. The van der Waals surface area contributed by atoms with E-state index in [1.165, 1.54) is 18.4 Å². The molecule has 146 valence electrons. The summed E-state index contributed by atoms with van der Waals surface area (Å²) in [5, 5.41) is 16.3. The number of carbonyl (C=O) groups is 1. The number of hydrogen-bond donors (Lipinski definition) is 1. The summed E-state index contributed by atoms with van der Waals surface area (Å²) in [5.74, 6) is 0.408. The third-order valence-electron chi connectivity index (χ3n) is 5.51. The number of aryl methyl sites for hydroxylation is 1. The summed E-state index contributed by atoms with van der Waals surface area (Å²) in [6.07, 6.45) is 4.58. The van der Waals surface area contributed by atoms with Crippen LogP contribution >= 0.6 is 0 Å². The summed E-state index contributed by atoms with van der Waals surface area (Å²) in [7, 11) is 0. The summed E-state index contributed by atoms with van der Waals surface area (Å²) >= 11 is 0. The molecule has 1 N–H and O–H groups in total. The van der Waals surface area contributed by atoms with Crippen molar-refractivity contribution in [2.75, 3.05) is 5.32 Å². The van der Waals surface area contributed by atoms with Crippen molar-refractivity contribution in [3.63, 3.8) is 0 Å². The monoisotopic (exact) mass is 385 g/mol. The molecule has 1 aromatic carbocycles. The van der Waals surface area contributed by atoms with Crippen LogP contribution in [0.2, 0.25) is 0 Å². The normalized spacial score (nSPS) is 14.2. The van der Waals surface area contributed by atoms with Gasteiger partial charge in [-0.05, 0) is 47.9 Å². The Bertz CT molecular complexity index is 1090. The maximum absolute atomic E-state index is 12.4. The summed E-state index contributed by atoms with van der Waals surface area (Å²) in [4.78, 5) is 16.7. The molecule has 0 radical (unpaired) electrons. The molecule has 0 aliphatic heterocycles. The van der Waals surface area contributed by atoms with Gasteiger partial charge in [-0.3, -0.25) is 9.48 Å². The first-order valence-corrected chi connectivity index (χ1v) is 9.74.